The predicted molar refractivity (Wildman–Crippen MR) is 75.2 cm³/mol. The van der Waals surface area contributed by atoms with E-state index in [1.54, 1.807) is 12.4 Å². The van der Waals surface area contributed by atoms with E-state index in [0.29, 0.717) is 12.4 Å². The first-order chi connectivity index (χ1) is 9.29. The van der Waals surface area contributed by atoms with E-state index in [1.807, 2.05) is 29.0 Å². The summed E-state index contributed by atoms with van der Waals surface area (Å²) in [7, 11) is 0. The Hall–Kier alpha value is -1.94. The van der Waals surface area contributed by atoms with Gasteiger partial charge in [-0.1, -0.05) is 0 Å². The SMILES string of the molecule is Cc1ccncc1Cn1c(CCl)nc2cccnc21. The Bertz CT molecular complexity index is 720. The molecule has 0 atom stereocenters. The lowest BCUT2D eigenvalue weighted by Gasteiger charge is -2.09. The molecule has 0 amide bonds. The van der Waals surface area contributed by atoms with Crippen molar-refractivity contribution in [3.8, 4) is 0 Å². The third-order valence-corrected chi connectivity index (χ3v) is 3.42. The van der Waals surface area contributed by atoms with Gasteiger partial charge in [-0.25, -0.2) is 9.97 Å². The van der Waals surface area contributed by atoms with Crippen LogP contribution in [0.15, 0.2) is 36.8 Å². The first-order valence-electron chi connectivity index (χ1n) is 6.05. The van der Waals surface area contributed by atoms with Gasteiger partial charge in [0.15, 0.2) is 5.65 Å². The van der Waals surface area contributed by atoms with E-state index < -0.39 is 0 Å². The molecule has 5 heteroatoms. The molecule has 96 valence electrons. The summed E-state index contributed by atoms with van der Waals surface area (Å²) >= 11 is 5.98. The van der Waals surface area contributed by atoms with Crippen LogP contribution >= 0.6 is 11.6 Å². The van der Waals surface area contributed by atoms with E-state index in [9.17, 15) is 0 Å². The molecule has 0 fully saturated rings. The number of fused-ring (bicyclic) bond motifs is 1. The highest BCUT2D eigenvalue weighted by atomic mass is 35.5. The van der Waals surface area contributed by atoms with Crippen molar-refractivity contribution < 1.29 is 0 Å². The molecule has 19 heavy (non-hydrogen) atoms. The van der Waals surface area contributed by atoms with Crippen molar-refractivity contribution >= 4 is 22.8 Å². The average molecular weight is 273 g/mol. The second-order valence-corrected chi connectivity index (χ2v) is 4.66. The second-order valence-electron chi connectivity index (χ2n) is 4.40. The van der Waals surface area contributed by atoms with Gasteiger partial charge < -0.3 is 4.57 Å². The normalized spacial score (nSPS) is 11.1. The summed E-state index contributed by atoms with van der Waals surface area (Å²) in [6.45, 7) is 2.76. The number of imidazole rings is 1. The molecule has 0 aliphatic heterocycles. The average Bonchev–Trinajstić information content (AvgIpc) is 2.79. The van der Waals surface area contributed by atoms with Crippen LogP contribution in [0.1, 0.15) is 17.0 Å². The van der Waals surface area contributed by atoms with Gasteiger partial charge in [0.25, 0.3) is 0 Å². The van der Waals surface area contributed by atoms with Gasteiger partial charge in [-0.3, -0.25) is 4.98 Å². The minimum atomic E-state index is 0.371. The van der Waals surface area contributed by atoms with Crippen LogP contribution in [0.5, 0.6) is 0 Å². The molecule has 0 bridgehead atoms. The molecule has 0 aliphatic carbocycles. The van der Waals surface area contributed by atoms with Crippen LogP contribution in [0.25, 0.3) is 11.2 Å². The van der Waals surface area contributed by atoms with Crippen molar-refractivity contribution in [2.45, 2.75) is 19.3 Å². The van der Waals surface area contributed by atoms with E-state index in [2.05, 4.69) is 21.9 Å². The number of hydrogen-bond donors (Lipinski definition) is 0. The van der Waals surface area contributed by atoms with Gasteiger partial charge in [-0.15, -0.1) is 11.6 Å². The van der Waals surface area contributed by atoms with Gasteiger partial charge in [0, 0.05) is 18.6 Å². The van der Waals surface area contributed by atoms with Gasteiger partial charge >= 0.3 is 0 Å². The van der Waals surface area contributed by atoms with Crippen LogP contribution in [-0.4, -0.2) is 19.5 Å². The summed E-state index contributed by atoms with van der Waals surface area (Å²) in [6.07, 6.45) is 5.45. The maximum absolute atomic E-state index is 5.98. The quantitative estimate of drug-likeness (QED) is 0.689. The van der Waals surface area contributed by atoms with Crippen LogP contribution in [0.3, 0.4) is 0 Å². The largest absolute Gasteiger partial charge is 0.307 e. The Morgan fingerprint density at radius 1 is 1.26 bits per heavy atom. The molecule has 3 heterocycles. The third kappa shape index (κ3) is 2.19. The van der Waals surface area contributed by atoms with Crippen molar-refractivity contribution in [1.29, 1.82) is 0 Å². The van der Waals surface area contributed by atoms with Gasteiger partial charge in [0.05, 0.1) is 12.4 Å². The van der Waals surface area contributed by atoms with Crippen molar-refractivity contribution in [1.82, 2.24) is 19.5 Å². The molecule has 0 unspecified atom stereocenters. The van der Waals surface area contributed by atoms with E-state index in [0.717, 1.165) is 22.6 Å². The molecule has 0 N–H and O–H groups in total. The summed E-state index contributed by atoms with van der Waals surface area (Å²) in [5.41, 5.74) is 4.09. The summed E-state index contributed by atoms with van der Waals surface area (Å²) in [5.74, 6) is 1.20. The lowest BCUT2D eigenvalue weighted by molar-refractivity contribution is 0.763. The van der Waals surface area contributed by atoms with Crippen molar-refractivity contribution in [3.05, 3.63) is 53.7 Å². The number of alkyl halides is 1. The predicted octanol–water partition coefficient (Wildman–Crippen LogP) is 2.92. The number of pyridine rings is 2. The molecular formula is C14H13ClN4. The number of aryl methyl sites for hydroxylation is 1. The Morgan fingerprint density at radius 2 is 2.16 bits per heavy atom. The van der Waals surface area contributed by atoms with Gasteiger partial charge in [-0.2, -0.15) is 0 Å². The van der Waals surface area contributed by atoms with E-state index in [4.69, 9.17) is 11.6 Å². The lowest BCUT2D eigenvalue weighted by atomic mass is 10.1. The van der Waals surface area contributed by atoms with Gasteiger partial charge in [-0.05, 0) is 36.2 Å². The minimum absolute atomic E-state index is 0.371. The zero-order chi connectivity index (χ0) is 13.2. The first-order valence-corrected chi connectivity index (χ1v) is 6.58. The van der Waals surface area contributed by atoms with Crippen molar-refractivity contribution in [2.24, 2.45) is 0 Å². The fourth-order valence-corrected chi connectivity index (χ4v) is 2.31. The Labute approximate surface area is 116 Å². The number of nitrogens with zero attached hydrogens (tertiary/aromatic N) is 4. The summed E-state index contributed by atoms with van der Waals surface area (Å²) in [6, 6.07) is 5.83. The van der Waals surface area contributed by atoms with Crippen LogP contribution in [0.4, 0.5) is 0 Å². The molecule has 0 spiro atoms. The van der Waals surface area contributed by atoms with Crippen LogP contribution < -0.4 is 0 Å². The number of aromatic nitrogens is 4. The van der Waals surface area contributed by atoms with Crippen LogP contribution in [0.2, 0.25) is 0 Å². The van der Waals surface area contributed by atoms with E-state index in [1.165, 1.54) is 5.56 Å². The summed E-state index contributed by atoms with van der Waals surface area (Å²) in [5, 5.41) is 0. The monoisotopic (exact) mass is 272 g/mol. The molecule has 0 saturated heterocycles. The molecule has 3 rings (SSSR count). The minimum Gasteiger partial charge on any atom is -0.307 e. The van der Waals surface area contributed by atoms with E-state index in [-0.39, 0.29) is 0 Å². The standard InChI is InChI=1S/C14H13ClN4/c1-10-4-6-16-8-11(10)9-19-13(7-15)18-12-3-2-5-17-14(12)19/h2-6,8H,7,9H2,1H3. The molecular weight excluding hydrogens is 260 g/mol. The molecule has 0 aromatic carbocycles. The topological polar surface area (TPSA) is 43.6 Å². The number of rotatable bonds is 3. The Morgan fingerprint density at radius 3 is 2.95 bits per heavy atom. The Kier molecular flexibility index (Phi) is 3.17. The molecule has 3 aromatic heterocycles. The van der Waals surface area contributed by atoms with E-state index >= 15 is 0 Å². The van der Waals surface area contributed by atoms with Crippen LogP contribution in [-0.2, 0) is 12.4 Å². The number of hydrogen-bond acceptors (Lipinski definition) is 3. The zero-order valence-corrected chi connectivity index (χ0v) is 11.3. The molecule has 0 radical (unpaired) electrons. The fourth-order valence-electron chi connectivity index (χ4n) is 2.11. The first kappa shape index (κ1) is 12.1. The lowest BCUT2D eigenvalue weighted by Crippen LogP contribution is -2.06. The highest BCUT2D eigenvalue weighted by Gasteiger charge is 2.11. The van der Waals surface area contributed by atoms with Gasteiger partial charge in [0.2, 0.25) is 0 Å². The van der Waals surface area contributed by atoms with Crippen LogP contribution in [0, 0.1) is 6.92 Å². The maximum atomic E-state index is 5.98. The fraction of sp³-hybridized carbons (Fsp3) is 0.214. The summed E-state index contributed by atoms with van der Waals surface area (Å²) in [4.78, 5) is 13.1. The maximum Gasteiger partial charge on any atom is 0.160 e. The third-order valence-electron chi connectivity index (χ3n) is 3.18. The highest BCUT2D eigenvalue weighted by molar-refractivity contribution is 6.16. The number of halogens is 1. The molecule has 3 aromatic rings. The molecule has 4 nitrogen and oxygen atoms in total. The van der Waals surface area contributed by atoms with Crippen molar-refractivity contribution in [2.75, 3.05) is 0 Å². The molecule has 0 saturated carbocycles. The zero-order valence-electron chi connectivity index (χ0n) is 10.5. The Balaban J connectivity index is 2.12. The second kappa shape index (κ2) is 4.97. The van der Waals surface area contributed by atoms with Crippen molar-refractivity contribution in [3.63, 3.8) is 0 Å². The highest BCUT2D eigenvalue weighted by Crippen LogP contribution is 2.18. The molecule has 0 aliphatic rings. The summed E-state index contributed by atoms with van der Waals surface area (Å²) < 4.78 is 2.05. The van der Waals surface area contributed by atoms with Gasteiger partial charge in [0.1, 0.15) is 11.3 Å². The smallest absolute Gasteiger partial charge is 0.160 e.